The third-order valence-electron chi connectivity index (χ3n) is 2.74. The molecule has 1 heterocycles. The van der Waals surface area contributed by atoms with Gasteiger partial charge >= 0.3 is 0 Å². The highest BCUT2D eigenvalue weighted by Gasteiger charge is 2.10. The minimum Gasteiger partial charge on any atom is -0.454 e. The lowest BCUT2D eigenvalue weighted by Crippen LogP contribution is -1.93. The number of hydrogen-bond acceptors (Lipinski definition) is 4. The van der Waals surface area contributed by atoms with Crippen molar-refractivity contribution < 1.29 is 9.13 Å². The Kier molecular flexibility index (Phi) is 3.23. The van der Waals surface area contributed by atoms with Gasteiger partial charge < -0.3 is 10.5 Å². The summed E-state index contributed by atoms with van der Waals surface area (Å²) in [5, 5.41) is 1.15. The van der Waals surface area contributed by atoms with Crippen molar-refractivity contribution in [3.8, 4) is 11.5 Å². The molecule has 0 amide bonds. The zero-order valence-corrected chi connectivity index (χ0v) is 12.1. The van der Waals surface area contributed by atoms with E-state index in [9.17, 15) is 4.39 Å². The number of benzene rings is 2. The number of anilines is 1. The Hall–Kier alpha value is -1.85. The first-order valence-corrected chi connectivity index (χ1v) is 7.02. The Bertz CT molecular complexity index is 803. The lowest BCUT2D eigenvalue weighted by atomic mass is 10.2. The van der Waals surface area contributed by atoms with E-state index < -0.39 is 5.82 Å². The standard InChI is InChI=1S/C14H10ClFN2OS/c1-7-18-11-6-13(10(17)5-14(11)20-7)19-12-3-2-8(16)4-9(12)15/h2-6H,17H2,1H3. The van der Waals surface area contributed by atoms with Gasteiger partial charge in [0, 0.05) is 6.07 Å². The van der Waals surface area contributed by atoms with Crippen LogP contribution < -0.4 is 10.5 Å². The summed E-state index contributed by atoms with van der Waals surface area (Å²) in [5.74, 6) is 0.392. The zero-order chi connectivity index (χ0) is 14.3. The first-order chi connectivity index (χ1) is 9.52. The minimum atomic E-state index is -0.416. The Morgan fingerprint density at radius 1 is 1.25 bits per heavy atom. The van der Waals surface area contributed by atoms with Gasteiger partial charge in [-0.15, -0.1) is 11.3 Å². The fourth-order valence-electron chi connectivity index (χ4n) is 1.85. The average molecular weight is 309 g/mol. The number of ether oxygens (including phenoxy) is 1. The average Bonchev–Trinajstić information content (AvgIpc) is 2.72. The van der Waals surface area contributed by atoms with Crippen LogP contribution in [0.2, 0.25) is 5.02 Å². The van der Waals surface area contributed by atoms with Crippen molar-refractivity contribution in [3.05, 3.63) is 46.2 Å². The van der Waals surface area contributed by atoms with Crippen molar-refractivity contribution in [1.29, 1.82) is 0 Å². The number of rotatable bonds is 2. The molecule has 102 valence electrons. The number of thiazole rings is 1. The van der Waals surface area contributed by atoms with Gasteiger partial charge in [0.25, 0.3) is 0 Å². The molecule has 0 aliphatic rings. The number of nitrogens with two attached hydrogens (primary N) is 1. The lowest BCUT2D eigenvalue weighted by molar-refractivity contribution is 0.484. The van der Waals surface area contributed by atoms with Crippen LogP contribution in [0.1, 0.15) is 5.01 Å². The largest absolute Gasteiger partial charge is 0.454 e. The molecule has 0 radical (unpaired) electrons. The van der Waals surface area contributed by atoms with Gasteiger partial charge in [0.1, 0.15) is 11.6 Å². The third-order valence-corrected chi connectivity index (χ3v) is 3.97. The highest BCUT2D eigenvalue weighted by atomic mass is 35.5. The lowest BCUT2D eigenvalue weighted by Gasteiger charge is -2.09. The quantitative estimate of drug-likeness (QED) is 0.694. The summed E-state index contributed by atoms with van der Waals surface area (Å²) in [6.45, 7) is 1.93. The second-order valence-corrected chi connectivity index (χ2v) is 5.91. The fraction of sp³-hybridized carbons (Fsp3) is 0.0714. The molecular formula is C14H10ClFN2OS. The van der Waals surface area contributed by atoms with Gasteiger partial charge in [0.15, 0.2) is 5.75 Å². The molecule has 0 saturated carbocycles. The van der Waals surface area contributed by atoms with Gasteiger partial charge in [-0.2, -0.15) is 0 Å². The van der Waals surface area contributed by atoms with Crippen LogP contribution in [0, 0.1) is 12.7 Å². The van der Waals surface area contributed by atoms with E-state index in [0.29, 0.717) is 17.2 Å². The maximum absolute atomic E-state index is 13.0. The summed E-state index contributed by atoms with van der Waals surface area (Å²) in [7, 11) is 0. The van der Waals surface area contributed by atoms with E-state index >= 15 is 0 Å². The van der Waals surface area contributed by atoms with Crippen LogP contribution in [0.25, 0.3) is 10.2 Å². The van der Waals surface area contributed by atoms with Crippen molar-refractivity contribution >= 4 is 38.8 Å². The highest BCUT2D eigenvalue weighted by molar-refractivity contribution is 7.18. The molecule has 3 rings (SSSR count). The smallest absolute Gasteiger partial charge is 0.152 e. The van der Waals surface area contributed by atoms with Gasteiger partial charge in [-0.3, -0.25) is 0 Å². The zero-order valence-electron chi connectivity index (χ0n) is 10.5. The van der Waals surface area contributed by atoms with Crippen LogP contribution >= 0.6 is 22.9 Å². The van der Waals surface area contributed by atoms with E-state index in [4.69, 9.17) is 22.1 Å². The molecule has 3 aromatic rings. The van der Waals surface area contributed by atoms with Crippen LogP contribution in [0.15, 0.2) is 30.3 Å². The molecule has 20 heavy (non-hydrogen) atoms. The van der Waals surface area contributed by atoms with Gasteiger partial charge in [-0.05, 0) is 31.2 Å². The molecule has 0 atom stereocenters. The maximum Gasteiger partial charge on any atom is 0.152 e. The Balaban J connectivity index is 2.03. The molecule has 0 aliphatic heterocycles. The van der Waals surface area contributed by atoms with Crippen molar-refractivity contribution in [2.45, 2.75) is 6.92 Å². The third kappa shape index (κ3) is 2.42. The van der Waals surface area contributed by atoms with Crippen LogP contribution in [-0.4, -0.2) is 4.98 Å². The first-order valence-electron chi connectivity index (χ1n) is 5.82. The van der Waals surface area contributed by atoms with Gasteiger partial charge in [-0.25, -0.2) is 9.37 Å². The number of aromatic nitrogens is 1. The molecule has 0 saturated heterocycles. The summed E-state index contributed by atoms with van der Waals surface area (Å²) < 4.78 is 19.7. The molecule has 0 bridgehead atoms. The molecule has 0 fully saturated rings. The van der Waals surface area contributed by atoms with Crippen molar-refractivity contribution in [1.82, 2.24) is 4.98 Å². The van der Waals surface area contributed by atoms with E-state index in [1.165, 1.54) is 18.2 Å². The second-order valence-electron chi connectivity index (χ2n) is 4.27. The second kappa shape index (κ2) is 4.92. The summed E-state index contributed by atoms with van der Waals surface area (Å²) >= 11 is 7.50. The van der Waals surface area contributed by atoms with Crippen LogP contribution in [0.4, 0.5) is 10.1 Å². The number of nitrogens with zero attached hydrogens (tertiary/aromatic N) is 1. The maximum atomic E-state index is 13.0. The number of nitrogen functional groups attached to an aromatic ring is 1. The Morgan fingerprint density at radius 3 is 2.80 bits per heavy atom. The van der Waals surface area contributed by atoms with E-state index in [2.05, 4.69) is 4.98 Å². The van der Waals surface area contributed by atoms with Gasteiger partial charge in [0.2, 0.25) is 0 Å². The molecule has 2 N–H and O–H groups in total. The predicted octanol–water partition coefficient (Wildman–Crippen LogP) is 4.77. The molecule has 1 aromatic heterocycles. The first kappa shape index (κ1) is 13.1. The molecule has 3 nitrogen and oxygen atoms in total. The van der Waals surface area contributed by atoms with E-state index in [1.54, 1.807) is 17.4 Å². The van der Waals surface area contributed by atoms with Crippen LogP contribution in [-0.2, 0) is 0 Å². The normalized spacial score (nSPS) is 10.9. The Labute approximate surface area is 123 Å². The summed E-state index contributed by atoms with van der Waals surface area (Å²) in [4.78, 5) is 4.38. The topological polar surface area (TPSA) is 48.1 Å². The molecule has 2 aromatic carbocycles. The number of hydrogen-bond donors (Lipinski definition) is 1. The van der Waals surface area contributed by atoms with Crippen molar-refractivity contribution in [3.63, 3.8) is 0 Å². The molecule has 0 spiro atoms. The van der Waals surface area contributed by atoms with Crippen LogP contribution in [0.3, 0.4) is 0 Å². The van der Waals surface area contributed by atoms with E-state index in [-0.39, 0.29) is 5.02 Å². The monoisotopic (exact) mass is 308 g/mol. The minimum absolute atomic E-state index is 0.193. The number of fused-ring (bicyclic) bond motifs is 1. The fourth-order valence-corrected chi connectivity index (χ4v) is 2.91. The van der Waals surface area contributed by atoms with Crippen LogP contribution in [0.5, 0.6) is 11.5 Å². The summed E-state index contributed by atoms with van der Waals surface area (Å²) in [6, 6.07) is 7.51. The van der Waals surface area contributed by atoms with Crippen molar-refractivity contribution in [2.24, 2.45) is 0 Å². The van der Waals surface area contributed by atoms with E-state index in [0.717, 1.165) is 15.2 Å². The van der Waals surface area contributed by atoms with Gasteiger partial charge in [0.05, 0.1) is 25.9 Å². The van der Waals surface area contributed by atoms with Crippen molar-refractivity contribution in [2.75, 3.05) is 5.73 Å². The van der Waals surface area contributed by atoms with E-state index in [1.807, 2.05) is 13.0 Å². The highest BCUT2D eigenvalue weighted by Crippen LogP contribution is 2.36. The SMILES string of the molecule is Cc1nc2cc(Oc3ccc(F)cc3Cl)c(N)cc2s1. The summed E-state index contributed by atoms with van der Waals surface area (Å²) in [5.41, 5.74) is 7.26. The molecule has 0 aliphatic carbocycles. The number of halogens is 2. The molecule has 0 unspecified atom stereocenters. The van der Waals surface area contributed by atoms with Gasteiger partial charge in [-0.1, -0.05) is 11.6 Å². The predicted molar refractivity (Wildman–Crippen MR) is 80.3 cm³/mol. The molecular weight excluding hydrogens is 299 g/mol. The summed E-state index contributed by atoms with van der Waals surface area (Å²) in [6.07, 6.45) is 0. The molecule has 6 heteroatoms. The number of aryl methyl sites for hydroxylation is 1. The Morgan fingerprint density at radius 2 is 2.05 bits per heavy atom.